The molecule has 1 aliphatic heterocycles. The van der Waals surface area contributed by atoms with Crippen molar-refractivity contribution in [1.29, 1.82) is 0 Å². The number of carboxylic acid groups (broad SMARTS) is 1. The Hall–Kier alpha value is -3.58. The third kappa shape index (κ3) is 46.5. The van der Waals surface area contributed by atoms with E-state index < -0.39 is 67.3 Å². The number of carboxylic acids is 1. The average Bonchev–Trinajstić information content (AvgIpc) is 3.53. The van der Waals surface area contributed by atoms with Gasteiger partial charge in [-0.1, -0.05) is 261 Å². The molecule has 0 aromatic rings. The van der Waals surface area contributed by atoms with E-state index in [1.165, 1.54) is 135 Å². The van der Waals surface area contributed by atoms with Gasteiger partial charge in [0, 0.05) is 19.3 Å². The van der Waals surface area contributed by atoms with Crippen LogP contribution in [0.3, 0.4) is 0 Å². The topological polar surface area (TPSA) is 175 Å². The second-order valence-electron chi connectivity index (χ2n) is 22.7. The number of esters is 3. The summed E-state index contributed by atoms with van der Waals surface area (Å²) >= 11 is 0. The number of allylic oxidation sites excluding steroid dienone is 10. The smallest absolute Gasteiger partial charge is 0.335 e. The standard InChI is InChI=1S/C69H120O12/c1-4-7-10-13-16-19-22-25-28-30-31-33-36-39-42-45-48-51-54-57-63(72)80-67-65(74)64(73)66(68(75)76)81-69(67)78-59-60(79-62(71)56-53-50-47-44-41-38-34-27-24-21-18-15-12-9-6-3)58-77-61(70)55-52-49-46-43-40-37-35-32-29-26-23-20-17-14-11-8-5-2/h8,11,16-17,19-20,25-26,28-29,60,64-67,69,73-74H,4-7,9-10,12-15,18,21-24,27,30-59H2,1-3H3,(H,75,76)/b11-8-,19-16-,20-17-,28-25-,29-26-. The molecule has 12 nitrogen and oxygen atoms in total. The molecular weight excluding hydrogens is 1020 g/mol. The van der Waals surface area contributed by atoms with E-state index in [-0.39, 0.29) is 25.9 Å². The molecular formula is C69H120O12. The molecule has 12 heteroatoms. The van der Waals surface area contributed by atoms with E-state index in [1.54, 1.807) is 0 Å². The fourth-order valence-corrected chi connectivity index (χ4v) is 10.0. The molecule has 6 atom stereocenters. The van der Waals surface area contributed by atoms with Gasteiger partial charge in [-0.15, -0.1) is 0 Å². The molecule has 0 aromatic heterocycles. The highest BCUT2D eigenvalue weighted by molar-refractivity contribution is 5.74. The van der Waals surface area contributed by atoms with Crippen molar-refractivity contribution >= 4 is 23.9 Å². The number of ether oxygens (including phenoxy) is 5. The summed E-state index contributed by atoms with van der Waals surface area (Å²) in [6.45, 7) is 5.90. The zero-order valence-corrected chi connectivity index (χ0v) is 51.8. The van der Waals surface area contributed by atoms with Crippen LogP contribution in [0.25, 0.3) is 0 Å². The molecule has 0 amide bonds. The number of aliphatic hydroxyl groups excluding tert-OH is 2. The quantitative estimate of drug-likeness (QED) is 0.0228. The van der Waals surface area contributed by atoms with Gasteiger partial charge in [0.2, 0.25) is 0 Å². The zero-order valence-electron chi connectivity index (χ0n) is 51.8. The minimum Gasteiger partial charge on any atom is -0.479 e. The van der Waals surface area contributed by atoms with Crippen molar-refractivity contribution in [1.82, 2.24) is 0 Å². The van der Waals surface area contributed by atoms with Gasteiger partial charge in [0.25, 0.3) is 0 Å². The number of aliphatic carboxylic acids is 1. The highest BCUT2D eigenvalue weighted by Crippen LogP contribution is 2.27. The molecule has 468 valence electrons. The predicted octanol–water partition coefficient (Wildman–Crippen LogP) is 17.9. The van der Waals surface area contributed by atoms with Crippen molar-refractivity contribution in [3.05, 3.63) is 60.8 Å². The molecule has 1 aliphatic rings. The highest BCUT2D eigenvalue weighted by Gasteiger charge is 2.50. The van der Waals surface area contributed by atoms with Gasteiger partial charge in [-0.2, -0.15) is 0 Å². The Bertz CT molecular complexity index is 1640. The second kappa shape index (κ2) is 56.9. The van der Waals surface area contributed by atoms with Crippen LogP contribution in [-0.4, -0.2) is 89.2 Å². The van der Waals surface area contributed by atoms with Crippen molar-refractivity contribution in [2.45, 2.75) is 340 Å². The van der Waals surface area contributed by atoms with Crippen LogP contribution in [0.5, 0.6) is 0 Å². The van der Waals surface area contributed by atoms with Crippen molar-refractivity contribution < 1.29 is 58.2 Å². The van der Waals surface area contributed by atoms with Crippen molar-refractivity contribution in [3.8, 4) is 0 Å². The molecule has 0 aliphatic carbocycles. The third-order valence-electron chi connectivity index (χ3n) is 15.1. The number of aliphatic hydroxyl groups is 2. The summed E-state index contributed by atoms with van der Waals surface area (Å²) in [5, 5.41) is 31.6. The molecule has 0 bridgehead atoms. The maximum absolute atomic E-state index is 13.2. The molecule has 81 heavy (non-hydrogen) atoms. The van der Waals surface area contributed by atoms with Gasteiger partial charge in [-0.05, 0) is 83.5 Å². The fourth-order valence-electron chi connectivity index (χ4n) is 10.0. The Labute approximate surface area is 494 Å². The van der Waals surface area contributed by atoms with Crippen LogP contribution in [0.4, 0.5) is 0 Å². The number of carbonyl (C=O) groups excluding carboxylic acids is 3. The van der Waals surface area contributed by atoms with E-state index in [4.69, 9.17) is 23.7 Å². The Morgan fingerprint density at radius 2 is 0.778 bits per heavy atom. The first-order chi connectivity index (χ1) is 39.6. The van der Waals surface area contributed by atoms with Gasteiger partial charge in [0.1, 0.15) is 18.8 Å². The van der Waals surface area contributed by atoms with Crippen LogP contribution in [-0.2, 0) is 42.9 Å². The summed E-state index contributed by atoms with van der Waals surface area (Å²) in [5.74, 6) is -3.11. The number of unbranched alkanes of at least 4 members (excludes halogenated alkanes) is 33. The molecule has 6 unspecified atom stereocenters. The molecule has 0 saturated carbocycles. The molecule has 1 heterocycles. The minimum absolute atomic E-state index is 0.0559. The van der Waals surface area contributed by atoms with Crippen LogP contribution in [0, 0.1) is 0 Å². The van der Waals surface area contributed by atoms with Crippen molar-refractivity contribution in [2.24, 2.45) is 0 Å². The van der Waals surface area contributed by atoms with Crippen LogP contribution in [0.1, 0.15) is 303 Å². The lowest BCUT2D eigenvalue weighted by molar-refractivity contribution is -0.301. The molecule has 1 saturated heterocycles. The van der Waals surface area contributed by atoms with Crippen molar-refractivity contribution in [2.75, 3.05) is 13.2 Å². The summed E-state index contributed by atoms with van der Waals surface area (Å²) in [4.78, 5) is 51.4. The van der Waals surface area contributed by atoms with Crippen LogP contribution in [0.15, 0.2) is 60.8 Å². The monoisotopic (exact) mass is 1140 g/mol. The Kier molecular flexibility index (Phi) is 53.0. The second-order valence-corrected chi connectivity index (χ2v) is 22.7. The molecule has 1 fully saturated rings. The van der Waals surface area contributed by atoms with Crippen molar-refractivity contribution in [3.63, 3.8) is 0 Å². The SMILES string of the molecule is CC/C=C\C/C=C\C/C=C\CCCCCCCCCC(=O)OCC(COC1OC(C(=O)O)C(O)C(O)C1OC(=O)CCCCCCCCCCC/C=C\C/C=C\CCCCC)OC(=O)CCCCCCCCCCCCCCCCC. The lowest BCUT2D eigenvalue weighted by Crippen LogP contribution is -2.61. The first-order valence-electron chi connectivity index (χ1n) is 33.3. The maximum Gasteiger partial charge on any atom is 0.335 e. The number of carbonyl (C=O) groups is 4. The van der Waals surface area contributed by atoms with E-state index in [9.17, 15) is 34.5 Å². The fraction of sp³-hybridized carbons (Fsp3) is 0.797. The summed E-state index contributed by atoms with van der Waals surface area (Å²) in [6, 6.07) is 0. The van der Waals surface area contributed by atoms with Crippen LogP contribution >= 0.6 is 0 Å². The summed E-state index contributed by atoms with van der Waals surface area (Å²) in [7, 11) is 0. The number of hydrogen-bond donors (Lipinski definition) is 3. The largest absolute Gasteiger partial charge is 0.479 e. The normalized spacial score (nSPS) is 18.1. The van der Waals surface area contributed by atoms with Gasteiger partial charge < -0.3 is 39.0 Å². The molecule has 0 aromatic carbocycles. The molecule has 0 spiro atoms. The Morgan fingerprint density at radius 3 is 1.21 bits per heavy atom. The van der Waals surface area contributed by atoms with E-state index in [2.05, 4.69) is 81.5 Å². The highest BCUT2D eigenvalue weighted by atomic mass is 16.7. The van der Waals surface area contributed by atoms with Crippen LogP contribution < -0.4 is 0 Å². The number of hydrogen-bond acceptors (Lipinski definition) is 11. The predicted molar refractivity (Wildman–Crippen MR) is 331 cm³/mol. The molecule has 3 N–H and O–H groups in total. The summed E-state index contributed by atoms with van der Waals surface area (Å²) < 4.78 is 28.6. The van der Waals surface area contributed by atoms with E-state index >= 15 is 0 Å². The zero-order chi connectivity index (χ0) is 58.9. The van der Waals surface area contributed by atoms with Gasteiger partial charge in [-0.3, -0.25) is 14.4 Å². The van der Waals surface area contributed by atoms with Gasteiger partial charge >= 0.3 is 23.9 Å². The van der Waals surface area contributed by atoms with Gasteiger partial charge in [-0.25, -0.2) is 4.79 Å². The molecule has 1 rings (SSSR count). The first kappa shape index (κ1) is 75.4. The lowest BCUT2D eigenvalue weighted by atomic mass is 9.98. The third-order valence-corrected chi connectivity index (χ3v) is 15.1. The molecule has 0 radical (unpaired) electrons. The Morgan fingerprint density at radius 1 is 0.420 bits per heavy atom. The van der Waals surface area contributed by atoms with Crippen LogP contribution in [0.2, 0.25) is 0 Å². The average molecular weight is 1140 g/mol. The summed E-state index contributed by atoms with van der Waals surface area (Å²) in [5.41, 5.74) is 0. The summed E-state index contributed by atoms with van der Waals surface area (Å²) in [6.07, 6.45) is 58.8. The lowest BCUT2D eigenvalue weighted by Gasteiger charge is -2.40. The van der Waals surface area contributed by atoms with Gasteiger partial charge in [0.15, 0.2) is 24.6 Å². The van der Waals surface area contributed by atoms with E-state index in [0.29, 0.717) is 19.3 Å². The van der Waals surface area contributed by atoms with Gasteiger partial charge in [0.05, 0.1) is 6.61 Å². The van der Waals surface area contributed by atoms with E-state index in [1.807, 2.05) is 0 Å². The minimum atomic E-state index is -1.91. The number of rotatable bonds is 57. The van der Waals surface area contributed by atoms with E-state index in [0.717, 1.165) is 109 Å². The maximum atomic E-state index is 13.2. The Balaban J connectivity index is 2.64. The first-order valence-corrected chi connectivity index (χ1v) is 33.3.